The van der Waals surface area contributed by atoms with Crippen LogP contribution in [0.1, 0.15) is 12.5 Å². The van der Waals surface area contributed by atoms with E-state index in [1.807, 2.05) is 6.07 Å². The van der Waals surface area contributed by atoms with Crippen LogP contribution in [0.3, 0.4) is 0 Å². The van der Waals surface area contributed by atoms with Crippen LogP contribution in [-0.4, -0.2) is 39.2 Å². The average molecular weight is 291 g/mol. The van der Waals surface area contributed by atoms with E-state index in [4.69, 9.17) is 10.4 Å². The summed E-state index contributed by atoms with van der Waals surface area (Å²) in [5.74, 6) is -0.634. The lowest BCUT2D eigenvalue weighted by Gasteiger charge is -2.25. The van der Waals surface area contributed by atoms with Gasteiger partial charge in [-0.05, 0) is 25.1 Å². The number of thioether (sulfide) groups is 1. The molecule has 7 heteroatoms. The molecule has 104 valence electrons. The molecule has 2 N–H and O–H groups in total. The topological polar surface area (TPSA) is 93.4 Å². The highest BCUT2D eigenvalue weighted by molar-refractivity contribution is 8.00. The Morgan fingerprint density at radius 3 is 2.95 bits per heavy atom. The molecule has 1 aromatic carbocycles. The van der Waals surface area contributed by atoms with Crippen molar-refractivity contribution in [3.05, 3.63) is 29.8 Å². The molecule has 0 bridgehead atoms. The third-order valence-corrected chi connectivity index (χ3v) is 4.20. The number of urea groups is 1. The lowest BCUT2D eigenvalue weighted by Crippen LogP contribution is -2.46. The first-order valence-corrected chi connectivity index (χ1v) is 7.01. The molecule has 0 saturated carbocycles. The van der Waals surface area contributed by atoms with E-state index >= 15 is 0 Å². The molecule has 2 atom stereocenters. The number of nitriles is 1. The smallest absolute Gasteiger partial charge is 0.327 e. The largest absolute Gasteiger partial charge is 0.480 e. The second kappa shape index (κ2) is 5.84. The zero-order chi connectivity index (χ0) is 14.7. The van der Waals surface area contributed by atoms with Crippen LogP contribution in [0.4, 0.5) is 10.5 Å². The van der Waals surface area contributed by atoms with Gasteiger partial charge in [-0.25, -0.2) is 9.59 Å². The van der Waals surface area contributed by atoms with Crippen molar-refractivity contribution >= 4 is 29.4 Å². The Balaban J connectivity index is 2.14. The molecule has 0 aliphatic carbocycles. The number of nitrogens with one attached hydrogen (secondary N) is 1. The molecule has 2 rings (SSSR count). The van der Waals surface area contributed by atoms with Gasteiger partial charge in [0.15, 0.2) is 0 Å². The van der Waals surface area contributed by atoms with Crippen molar-refractivity contribution in [2.75, 3.05) is 11.1 Å². The Morgan fingerprint density at radius 1 is 1.55 bits per heavy atom. The van der Waals surface area contributed by atoms with Crippen molar-refractivity contribution < 1.29 is 14.7 Å². The molecular weight excluding hydrogens is 278 g/mol. The van der Waals surface area contributed by atoms with Crippen LogP contribution in [0.15, 0.2) is 24.3 Å². The summed E-state index contributed by atoms with van der Waals surface area (Å²) < 4.78 is 0. The highest BCUT2D eigenvalue weighted by atomic mass is 32.2. The second-order valence-corrected chi connectivity index (χ2v) is 5.67. The van der Waals surface area contributed by atoms with E-state index < -0.39 is 18.0 Å². The number of carbonyl (C=O) groups is 2. The van der Waals surface area contributed by atoms with Gasteiger partial charge >= 0.3 is 12.0 Å². The summed E-state index contributed by atoms with van der Waals surface area (Å²) in [5, 5.41) is 20.4. The summed E-state index contributed by atoms with van der Waals surface area (Å²) >= 11 is 1.42. The number of carboxylic acid groups (broad SMARTS) is 1. The number of benzene rings is 1. The number of amides is 2. The molecule has 6 nitrogen and oxygen atoms in total. The van der Waals surface area contributed by atoms with E-state index in [2.05, 4.69) is 5.32 Å². The minimum Gasteiger partial charge on any atom is -0.480 e. The Morgan fingerprint density at radius 2 is 2.30 bits per heavy atom. The fourth-order valence-electron chi connectivity index (χ4n) is 2.00. The standard InChI is InChI=1S/C13H13N3O3S/c1-8-16(11(7-20-8)12(17)18)13(19)15-10-4-2-3-9(5-10)6-14/h2-5,8,11H,7H2,1H3,(H,15,19)(H,17,18). The SMILES string of the molecule is CC1SCC(C(=O)O)N1C(=O)Nc1cccc(C#N)c1. The molecule has 0 aromatic heterocycles. The maximum absolute atomic E-state index is 12.2. The van der Waals surface area contributed by atoms with Crippen LogP contribution in [0.25, 0.3) is 0 Å². The average Bonchev–Trinajstić information content (AvgIpc) is 2.81. The molecule has 1 aliphatic rings. The van der Waals surface area contributed by atoms with Gasteiger partial charge in [-0.2, -0.15) is 5.26 Å². The van der Waals surface area contributed by atoms with Gasteiger partial charge in [-0.1, -0.05) is 6.07 Å². The van der Waals surface area contributed by atoms with Crippen molar-refractivity contribution in [1.29, 1.82) is 5.26 Å². The summed E-state index contributed by atoms with van der Waals surface area (Å²) in [5.41, 5.74) is 0.906. The van der Waals surface area contributed by atoms with Crippen LogP contribution >= 0.6 is 11.8 Å². The number of hydrogen-bond acceptors (Lipinski definition) is 4. The minimum atomic E-state index is -1.01. The normalized spacial score (nSPS) is 21.3. The first-order valence-electron chi connectivity index (χ1n) is 5.97. The third-order valence-electron chi connectivity index (χ3n) is 2.99. The van der Waals surface area contributed by atoms with E-state index in [9.17, 15) is 9.59 Å². The summed E-state index contributed by atoms with van der Waals surface area (Å²) in [6.45, 7) is 1.79. The molecule has 1 aromatic rings. The van der Waals surface area contributed by atoms with Gasteiger partial charge in [0.25, 0.3) is 0 Å². The van der Waals surface area contributed by atoms with E-state index in [0.29, 0.717) is 17.0 Å². The fourth-order valence-corrected chi connectivity index (χ4v) is 3.16. The van der Waals surface area contributed by atoms with Gasteiger partial charge in [-0.3, -0.25) is 4.90 Å². The number of aliphatic carboxylic acids is 1. The molecular formula is C13H13N3O3S. The van der Waals surface area contributed by atoms with Crippen LogP contribution in [0.2, 0.25) is 0 Å². The van der Waals surface area contributed by atoms with Crippen molar-refractivity contribution in [2.45, 2.75) is 18.3 Å². The van der Waals surface area contributed by atoms with E-state index in [1.165, 1.54) is 16.7 Å². The van der Waals surface area contributed by atoms with Gasteiger partial charge in [0, 0.05) is 11.4 Å². The third kappa shape index (κ3) is 2.86. The summed E-state index contributed by atoms with van der Waals surface area (Å²) in [7, 11) is 0. The quantitative estimate of drug-likeness (QED) is 0.868. The zero-order valence-electron chi connectivity index (χ0n) is 10.7. The first-order chi connectivity index (χ1) is 9.52. The lowest BCUT2D eigenvalue weighted by atomic mass is 10.2. The van der Waals surface area contributed by atoms with Gasteiger partial charge in [0.2, 0.25) is 0 Å². The number of carbonyl (C=O) groups excluding carboxylic acids is 1. The molecule has 1 heterocycles. The van der Waals surface area contributed by atoms with Crippen molar-refractivity contribution in [2.24, 2.45) is 0 Å². The Kier molecular flexibility index (Phi) is 4.15. The van der Waals surface area contributed by atoms with Crippen molar-refractivity contribution in [3.8, 4) is 6.07 Å². The predicted octanol–water partition coefficient (Wildman–Crippen LogP) is 1.94. The number of anilines is 1. The van der Waals surface area contributed by atoms with Gasteiger partial charge < -0.3 is 10.4 Å². The Bertz CT molecular complexity index is 584. The predicted molar refractivity (Wildman–Crippen MR) is 75.4 cm³/mol. The molecule has 1 aliphatic heterocycles. The molecule has 2 amide bonds. The monoisotopic (exact) mass is 291 g/mol. The minimum absolute atomic E-state index is 0.199. The molecule has 1 saturated heterocycles. The van der Waals surface area contributed by atoms with Gasteiger partial charge in [-0.15, -0.1) is 11.8 Å². The summed E-state index contributed by atoms with van der Waals surface area (Å²) in [6, 6.07) is 7.18. The maximum Gasteiger partial charge on any atom is 0.327 e. The van der Waals surface area contributed by atoms with Crippen molar-refractivity contribution in [1.82, 2.24) is 4.90 Å². The Labute approximate surface area is 120 Å². The van der Waals surface area contributed by atoms with Crippen LogP contribution < -0.4 is 5.32 Å². The van der Waals surface area contributed by atoms with Crippen LogP contribution in [0.5, 0.6) is 0 Å². The molecule has 20 heavy (non-hydrogen) atoms. The number of rotatable bonds is 2. The van der Waals surface area contributed by atoms with Gasteiger partial charge in [0.05, 0.1) is 17.0 Å². The van der Waals surface area contributed by atoms with Gasteiger partial charge in [0.1, 0.15) is 6.04 Å². The molecule has 0 spiro atoms. The highest BCUT2D eigenvalue weighted by Crippen LogP contribution is 2.29. The first kappa shape index (κ1) is 14.2. The van der Waals surface area contributed by atoms with Crippen molar-refractivity contribution in [3.63, 3.8) is 0 Å². The molecule has 2 unspecified atom stereocenters. The molecule has 1 fully saturated rings. The second-order valence-electron chi connectivity index (χ2n) is 4.32. The zero-order valence-corrected chi connectivity index (χ0v) is 11.6. The summed E-state index contributed by atoms with van der Waals surface area (Å²) in [4.78, 5) is 24.6. The number of nitrogens with zero attached hydrogens (tertiary/aromatic N) is 2. The number of hydrogen-bond donors (Lipinski definition) is 2. The fraction of sp³-hybridized carbons (Fsp3) is 0.308. The van der Waals surface area contributed by atoms with E-state index in [1.54, 1.807) is 31.2 Å². The van der Waals surface area contributed by atoms with Crippen LogP contribution in [-0.2, 0) is 4.79 Å². The maximum atomic E-state index is 12.2. The highest BCUT2D eigenvalue weighted by Gasteiger charge is 2.39. The summed E-state index contributed by atoms with van der Waals surface area (Å²) in [6.07, 6.45) is 0. The molecule has 0 radical (unpaired) electrons. The van der Waals surface area contributed by atoms with E-state index in [0.717, 1.165) is 0 Å². The van der Waals surface area contributed by atoms with E-state index in [-0.39, 0.29) is 5.37 Å². The van der Waals surface area contributed by atoms with Crippen LogP contribution in [0, 0.1) is 11.3 Å². The Hall–Kier alpha value is -2.20. The number of carboxylic acids is 1. The lowest BCUT2D eigenvalue weighted by molar-refractivity contribution is -0.141.